The van der Waals surface area contributed by atoms with Gasteiger partial charge in [0.05, 0.1) is 12.2 Å². The Hall–Kier alpha value is -0.0400. The summed E-state index contributed by atoms with van der Waals surface area (Å²) in [5.41, 5.74) is 0. The van der Waals surface area contributed by atoms with Gasteiger partial charge in [0.1, 0.15) is 0 Å². The van der Waals surface area contributed by atoms with Crippen LogP contribution in [0.15, 0.2) is 0 Å². The molecule has 0 atom stereocenters. The van der Waals surface area contributed by atoms with Crippen molar-refractivity contribution in [3.05, 3.63) is 0 Å². The zero-order valence-corrected chi connectivity index (χ0v) is 7.55. The molecule has 11 heavy (non-hydrogen) atoms. The molecule has 0 aliphatic heterocycles. The third-order valence-electron chi connectivity index (χ3n) is 3.05. The van der Waals surface area contributed by atoms with E-state index in [0.29, 0.717) is 12.2 Å². The van der Waals surface area contributed by atoms with Gasteiger partial charge in [-0.3, -0.25) is 0 Å². The second kappa shape index (κ2) is 2.78. The Morgan fingerprint density at radius 1 is 0.818 bits per heavy atom. The first kappa shape index (κ1) is 7.60. The lowest BCUT2D eigenvalue weighted by Crippen LogP contribution is -2.38. The number of hydrogen-bond donors (Lipinski definition) is 0. The van der Waals surface area contributed by atoms with Crippen molar-refractivity contribution in [3.8, 4) is 0 Å². The fraction of sp³-hybridized carbons (Fsp3) is 1.00. The van der Waals surface area contributed by atoms with E-state index in [4.69, 9.17) is 4.74 Å². The van der Waals surface area contributed by atoms with Gasteiger partial charge in [-0.25, -0.2) is 0 Å². The highest BCUT2D eigenvalue weighted by molar-refractivity contribution is 4.82. The summed E-state index contributed by atoms with van der Waals surface area (Å²) in [4.78, 5) is 0. The van der Waals surface area contributed by atoms with E-state index in [1.54, 1.807) is 0 Å². The van der Waals surface area contributed by atoms with E-state index in [9.17, 15) is 0 Å². The molecule has 0 bridgehead atoms. The molecule has 0 heterocycles. The van der Waals surface area contributed by atoms with Crippen LogP contribution in [-0.2, 0) is 4.74 Å². The zero-order chi connectivity index (χ0) is 7.84. The van der Waals surface area contributed by atoms with Crippen LogP contribution in [-0.4, -0.2) is 12.2 Å². The summed E-state index contributed by atoms with van der Waals surface area (Å²) in [6.07, 6.45) is 6.50. The minimum atomic E-state index is 0.627. The molecule has 0 aromatic rings. The zero-order valence-electron chi connectivity index (χ0n) is 7.55. The van der Waals surface area contributed by atoms with Crippen LogP contribution in [0.1, 0.15) is 39.5 Å². The summed E-state index contributed by atoms with van der Waals surface area (Å²) in [6, 6.07) is 0. The number of ether oxygens (including phenoxy) is 1. The van der Waals surface area contributed by atoms with Crippen molar-refractivity contribution in [1.29, 1.82) is 0 Å². The molecular formula is C10H18O. The van der Waals surface area contributed by atoms with E-state index in [2.05, 4.69) is 13.8 Å². The molecule has 2 fully saturated rings. The average Bonchev–Trinajstić information content (AvgIpc) is 1.81. The SMILES string of the molecule is CC1CC(OC2CC(C)C2)C1. The minimum Gasteiger partial charge on any atom is -0.375 e. The minimum absolute atomic E-state index is 0.627. The molecule has 2 saturated carbocycles. The summed E-state index contributed by atoms with van der Waals surface area (Å²) in [5.74, 6) is 1.86. The van der Waals surface area contributed by atoms with Gasteiger partial charge in [-0.05, 0) is 37.5 Å². The molecule has 2 aliphatic rings. The summed E-state index contributed by atoms with van der Waals surface area (Å²) in [5, 5.41) is 0. The molecule has 0 N–H and O–H groups in total. The highest BCUT2D eigenvalue weighted by Gasteiger charge is 2.33. The van der Waals surface area contributed by atoms with E-state index in [0.717, 1.165) is 11.8 Å². The lowest BCUT2D eigenvalue weighted by Gasteiger charge is -2.40. The molecule has 2 rings (SSSR count). The van der Waals surface area contributed by atoms with E-state index >= 15 is 0 Å². The molecule has 0 unspecified atom stereocenters. The van der Waals surface area contributed by atoms with E-state index in [1.807, 2.05) is 0 Å². The number of rotatable bonds is 2. The van der Waals surface area contributed by atoms with E-state index < -0.39 is 0 Å². The molecule has 0 spiro atoms. The lowest BCUT2D eigenvalue weighted by atomic mass is 9.81. The smallest absolute Gasteiger partial charge is 0.0584 e. The van der Waals surface area contributed by atoms with Crippen molar-refractivity contribution >= 4 is 0 Å². The Balaban J connectivity index is 1.61. The second-order valence-electron chi connectivity index (χ2n) is 4.53. The van der Waals surface area contributed by atoms with Crippen LogP contribution in [0.5, 0.6) is 0 Å². The topological polar surface area (TPSA) is 9.23 Å². The average molecular weight is 154 g/mol. The van der Waals surface area contributed by atoms with E-state index in [-0.39, 0.29) is 0 Å². The van der Waals surface area contributed by atoms with Gasteiger partial charge in [-0.15, -0.1) is 0 Å². The van der Waals surface area contributed by atoms with Gasteiger partial charge >= 0.3 is 0 Å². The van der Waals surface area contributed by atoms with Crippen LogP contribution < -0.4 is 0 Å². The largest absolute Gasteiger partial charge is 0.375 e. The van der Waals surface area contributed by atoms with Crippen LogP contribution in [0.2, 0.25) is 0 Å². The van der Waals surface area contributed by atoms with Crippen molar-refractivity contribution in [2.24, 2.45) is 11.8 Å². The molecule has 64 valence electrons. The van der Waals surface area contributed by atoms with Crippen LogP contribution in [0, 0.1) is 11.8 Å². The monoisotopic (exact) mass is 154 g/mol. The Morgan fingerprint density at radius 3 is 1.45 bits per heavy atom. The van der Waals surface area contributed by atoms with Gasteiger partial charge in [-0.2, -0.15) is 0 Å². The molecule has 0 aromatic carbocycles. The molecule has 0 saturated heterocycles. The maximum absolute atomic E-state index is 5.86. The first-order valence-corrected chi connectivity index (χ1v) is 4.89. The maximum Gasteiger partial charge on any atom is 0.0584 e. The van der Waals surface area contributed by atoms with Crippen molar-refractivity contribution in [1.82, 2.24) is 0 Å². The Labute approximate surface area is 69.1 Å². The second-order valence-corrected chi connectivity index (χ2v) is 4.53. The third-order valence-corrected chi connectivity index (χ3v) is 3.05. The van der Waals surface area contributed by atoms with Crippen LogP contribution in [0.25, 0.3) is 0 Å². The molecule has 1 heteroatoms. The van der Waals surface area contributed by atoms with Crippen LogP contribution in [0.3, 0.4) is 0 Å². The van der Waals surface area contributed by atoms with Gasteiger partial charge < -0.3 is 4.74 Å². The standard InChI is InChI=1S/C10H18O/c1-7-3-9(4-7)11-10-5-8(2)6-10/h7-10H,3-6H2,1-2H3. The van der Waals surface area contributed by atoms with Gasteiger partial charge in [0.2, 0.25) is 0 Å². The molecule has 0 radical (unpaired) electrons. The molecular weight excluding hydrogens is 136 g/mol. The van der Waals surface area contributed by atoms with Crippen molar-refractivity contribution in [3.63, 3.8) is 0 Å². The summed E-state index contributed by atoms with van der Waals surface area (Å²) in [7, 11) is 0. The Morgan fingerprint density at radius 2 is 1.18 bits per heavy atom. The van der Waals surface area contributed by atoms with Gasteiger partial charge in [0.25, 0.3) is 0 Å². The van der Waals surface area contributed by atoms with E-state index in [1.165, 1.54) is 25.7 Å². The molecule has 2 aliphatic carbocycles. The Bertz CT molecular complexity index is 116. The fourth-order valence-corrected chi connectivity index (χ4v) is 2.15. The van der Waals surface area contributed by atoms with Gasteiger partial charge in [0, 0.05) is 0 Å². The number of hydrogen-bond acceptors (Lipinski definition) is 1. The first-order valence-electron chi connectivity index (χ1n) is 4.89. The van der Waals surface area contributed by atoms with Gasteiger partial charge in [0.15, 0.2) is 0 Å². The quantitative estimate of drug-likeness (QED) is 0.594. The molecule has 0 amide bonds. The predicted octanol–water partition coefficient (Wildman–Crippen LogP) is 2.60. The van der Waals surface area contributed by atoms with Gasteiger partial charge in [-0.1, -0.05) is 13.8 Å². The lowest BCUT2D eigenvalue weighted by molar-refractivity contribution is -0.114. The fourth-order valence-electron chi connectivity index (χ4n) is 2.15. The summed E-state index contributed by atoms with van der Waals surface area (Å²) >= 11 is 0. The molecule has 0 aromatic heterocycles. The highest BCUT2D eigenvalue weighted by atomic mass is 16.5. The van der Waals surface area contributed by atoms with Crippen molar-refractivity contribution in [2.75, 3.05) is 0 Å². The third kappa shape index (κ3) is 1.58. The highest BCUT2D eigenvalue weighted by Crippen LogP contribution is 2.36. The summed E-state index contributed by atoms with van der Waals surface area (Å²) < 4.78 is 5.86. The van der Waals surface area contributed by atoms with Crippen LogP contribution in [0.4, 0.5) is 0 Å². The van der Waals surface area contributed by atoms with Crippen molar-refractivity contribution < 1.29 is 4.74 Å². The Kier molecular flexibility index (Phi) is 1.92. The first-order chi connectivity index (χ1) is 5.24. The maximum atomic E-state index is 5.86. The normalized spacial score (nSPS) is 49.6. The predicted molar refractivity (Wildman–Crippen MR) is 45.5 cm³/mol. The van der Waals surface area contributed by atoms with Crippen LogP contribution >= 0.6 is 0 Å². The molecule has 1 nitrogen and oxygen atoms in total. The summed E-state index contributed by atoms with van der Waals surface area (Å²) in [6.45, 7) is 4.62. The van der Waals surface area contributed by atoms with Crippen molar-refractivity contribution in [2.45, 2.75) is 51.7 Å².